The summed E-state index contributed by atoms with van der Waals surface area (Å²) in [7, 11) is 0. The minimum Gasteiger partial charge on any atom is -0.401 e. The van der Waals surface area contributed by atoms with Crippen molar-refractivity contribution in [2.45, 2.75) is 39.5 Å². The molecule has 0 radical (unpaired) electrons. The summed E-state index contributed by atoms with van der Waals surface area (Å²) in [5, 5.41) is 12.9. The number of benzene rings is 1. The van der Waals surface area contributed by atoms with Crippen molar-refractivity contribution in [3.63, 3.8) is 0 Å². The smallest absolute Gasteiger partial charge is 0.265 e. The second-order valence-electron chi connectivity index (χ2n) is 6.02. The largest absolute Gasteiger partial charge is 0.401 e. The number of thioether (sulfide) groups is 1. The zero-order valence-corrected chi connectivity index (χ0v) is 18.7. The molecular weight excluding hydrogens is 404 g/mol. The number of carbonyl (C=O) groups is 2. The SMILES string of the molecule is CC.NNC(=O)c1ccc(N(N)/C=C(\N)CCCC(=O)NCCSCCCO)cc1. The average molecular weight is 441 g/mol. The lowest BCUT2D eigenvalue weighted by atomic mass is 10.2. The molecule has 0 saturated heterocycles. The summed E-state index contributed by atoms with van der Waals surface area (Å²) in [5.74, 6) is 12.4. The van der Waals surface area contributed by atoms with Crippen LogP contribution in [-0.2, 0) is 4.79 Å². The minimum absolute atomic E-state index is 0.00562. The van der Waals surface area contributed by atoms with Gasteiger partial charge in [-0.2, -0.15) is 11.8 Å². The number of amides is 2. The lowest BCUT2D eigenvalue weighted by Gasteiger charge is -2.15. The topological polar surface area (TPSA) is 160 Å². The van der Waals surface area contributed by atoms with Crippen molar-refractivity contribution in [1.82, 2.24) is 10.7 Å². The van der Waals surface area contributed by atoms with Gasteiger partial charge >= 0.3 is 0 Å². The third kappa shape index (κ3) is 12.3. The van der Waals surface area contributed by atoms with Crippen LogP contribution in [0.25, 0.3) is 0 Å². The second kappa shape index (κ2) is 17.6. The van der Waals surface area contributed by atoms with E-state index in [9.17, 15) is 9.59 Å². The fourth-order valence-electron chi connectivity index (χ4n) is 2.26. The van der Waals surface area contributed by atoms with Crippen LogP contribution in [0.4, 0.5) is 5.69 Å². The van der Waals surface area contributed by atoms with E-state index in [-0.39, 0.29) is 18.4 Å². The van der Waals surface area contributed by atoms with E-state index in [0.717, 1.165) is 17.9 Å². The van der Waals surface area contributed by atoms with E-state index < -0.39 is 0 Å². The van der Waals surface area contributed by atoms with Crippen molar-refractivity contribution in [2.75, 3.05) is 29.7 Å². The molecule has 170 valence electrons. The highest BCUT2D eigenvalue weighted by Gasteiger charge is 2.06. The zero-order valence-electron chi connectivity index (χ0n) is 17.9. The monoisotopic (exact) mass is 440 g/mol. The van der Waals surface area contributed by atoms with Crippen LogP contribution in [0, 0.1) is 0 Å². The number of nitrogens with one attached hydrogen (secondary N) is 2. The van der Waals surface area contributed by atoms with Crippen LogP contribution in [0.15, 0.2) is 36.2 Å². The standard InChI is InChI=1S/C18H30N6O3S.C2H6/c19-15(3-1-4-17(26)22-9-12-28-11-2-10-25)13-24(21)16-7-5-14(6-8-16)18(27)23-20;1-2/h5-8,13,25H,1-4,9-12,19-21H2,(H,22,26)(H,23,27);1-2H3/b15-13-;. The Bertz CT molecular complexity index is 640. The number of nitrogens with two attached hydrogens (primary N) is 3. The molecule has 0 atom stereocenters. The fourth-order valence-corrected chi connectivity index (χ4v) is 3.04. The molecule has 9 nitrogen and oxygen atoms in total. The average Bonchev–Trinajstić information content (AvgIpc) is 2.77. The van der Waals surface area contributed by atoms with Gasteiger partial charge in [-0.1, -0.05) is 13.8 Å². The molecule has 0 spiro atoms. The number of aliphatic hydroxyl groups excluding tert-OH is 1. The number of allylic oxidation sites excluding steroid dienone is 1. The first kappa shape index (κ1) is 27.7. The van der Waals surface area contributed by atoms with Gasteiger partial charge < -0.3 is 16.2 Å². The predicted octanol–water partition coefficient (Wildman–Crippen LogP) is 1.20. The number of hydrogen-bond donors (Lipinski definition) is 6. The highest BCUT2D eigenvalue weighted by atomic mass is 32.2. The Morgan fingerprint density at radius 2 is 1.80 bits per heavy atom. The molecule has 0 aliphatic carbocycles. The number of nitrogen functional groups attached to an aromatic ring is 1. The lowest BCUT2D eigenvalue weighted by molar-refractivity contribution is -0.121. The number of carbonyl (C=O) groups excluding carboxylic acids is 2. The van der Waals surface area contributed by atoms with Gasteiger partial charge in [0, 0.05) is 42.8 Å². The molecular formula is C20H36N6O3S. The lowest BCUT2D eigenvalue weighted by Crippen LogP contribution is -2.30. The molecule has 0 aromatic heterocycles. The molecule has 0 aliphatic rings. The first-order valence-electron chi connectivity index (χ1n) is 10.0. The number of anilines is 1. The van der Waals surface area contributed by atoms with E-state index in [4.69, 9.17) is 22.5 Å². The molecule has 9 N–H and O–H groups in total. The second-order valence-corrected chi connectivity index (χ2v) is 7.25. The normalized spacial score (nSPS) is 10.6. The molecule has 1 aromatic carbocycles. The van der Waals surface area contributed by atoms with Crippen LogP contribution < -0.4 is 33.2 Å². The number of hydrazine groups is 2. The molecule has 2 amide bonds. The van der Waals surface area contributed by atoms with Crippen LogP contribution >= 0.6 is 11.8 Å². The molecule has 0 fully saturated rings. The van der Waals surface area contributed by atoms with Crippen molar-refractivity contribution >= 4 is 29.3 Å². The van der Waals surface area contributed by atoms with Crippen molar-refractivity contribution < 1.29 is 14.7 Å². The molecule has 1 rings (SSSR count). The minimum atomic E-state index is -0.382. The van der Waals surface area contributed by atoms with E-state index in [0.29, 0.717) is 42.8 Å². The molecule has 0 heterocycles. The van der Waals surface area contributed by atoms with Gasteiger partial charge in [0.2, 0.25) is 5.91 Å². The first-order chi connectivity index (χ1) is 14.5. The number of hydrogen-bond acceptors (Lipinski definition) is 8. The van der Waals surface area contributed by atoms with Crippen molar-refractivity contribution in [1.29, 1.82) is 0 Å². The summed E-state index contributed by atoms with van der Waals surface area (Å²) in [6, 6.07) is 6.57. The molecule has 1 aromatic rings. The summed E-state index contributed by atoms with van der Waals surface area (Å²) in [6.45, 7) is 4.82. The molecule has 0 unspecified atom stereocenters. The number of aliphatic hydroxyl groups is 1. The van der Waals surface area contributed by atoms with Crippen molar-refractivity contribution in [3.8, 4) is 0 Å². The summed E-state index contributed by atoms with van der Waals surface area (Å²) in [5.41, 5.74) is 9.67. The van der Waals surface area contributed by atoms with Gasteiger partial charge in [-0.15, -0.1) is 0 Å². The summed E-state index contributed by atoms with van der Waals surface area (Å²) in [4.78, 5) is 23.2. The van der Waals surface area contributed by atoms with E-state index in [1.54, 1.807) is 42.2 Å². The first-order valence-corrected chi connectivity index (χ1v) is 11.2. The van der Waals surface area contributed by atoms with Gasteiger partial charge in [0.15, 0.2) is 0 Å². The Labute approximate surface area is 183 Å². The van der Waals surface area contributed by atoms with Gasteiger partial charge in [-0.3, -0.25) is 20.0 Å². The fraction of sp³-hybridized carbons (Fsp3) is 0.500. The van der Waals surface area contributed by atoms with Gasteiger partial charge in [0.25, 0.3) is 5.91 Å². The summed E-state index contributed by atoms with van der Waals surface area (Å²) in [6.07, 6.45) is 3.92. The van der Waals surface area contributed by atoms with Gasteiger partial charge in [-0.05, 0) is 49.3 Å². The summed E-state index contributed by atoms with van der Waals surface area (Å²) >= 11 is 1.71. The van der Waals surface area contributed by atoms with E-state index in [1.165, 1.54) is 5.01 Å². The molecule has 0 saturated carbocycles. The third-order valence-electron chi connectivity index (χ3n) is 3.75. The van der Waals surface area contributed by atoms with Gasteiger partial charge in [0.05, 0.1) is 5.69 Å². The van der Waals surface area contributed by atoms with E-state index in [1.807, 2.05) is 13.8 Å². The third-order valence-corrected chi connectivity index (χ3v) is 4.82. The Kier molecular flexibility index (Phi) is 16.2. The quantitative estimate of drug-likeness (QED) is 0.115. The Hall–Kier alpha value is -2.27. The Balaban J connectivity index is 0.00000407. The number of rotatable bonds is 13. The van der Waals surface area contributed by atoms with Gasteiger partial charge in [0.1, 0.15) is 0 Å². The molecule has 30 heavy (non-hydrogen) atoms. The van der Waals surface area contributed by atoms with Crippen LogP contribution in [0.1, 0.15) is 49.9 Å². The summed E-state index contributed by atoms with van der Waals surface area (Å²) < 4.78 is 0. The van der Waals surface area contributed by atoms with Crippen LogP contribution in [0.2, 0.25) is 0 Å². The maximum absolute atomic E-state index is 11.8. The zero-order chi connectivity index (χ0) is 22.8. The van der Waals surface area contributed by atoms with Gasteiger partial charge in [-0.25, -0.2) is 11.7 Å². The van der Waals surface area contributed by atoms with Crippen molar-refractivity contribution in [2.24, 2.45) is 17.4 Å². The van der Waals surface area contributed by atoms with E-state index >= 15 is 0 Å². The van der Waals surface area contributed by atoms with Crippen LogP contribution in [-0.4, -0.2) is 41.6 Å². The molecule has 0 bridgehead atoms. The number of nitrogens with zero attached hydrogens (tertiary/aromatic N) is 1. The highest BCUT2D eigenvalue weighted by Crippen LogP contribution is 2.14. The Morgan fingerprint density at radius 3 is 2.40 bits per heavy atom. The Morgan fingerprint density at radius 1 is 1.13 bits per heavy atom. The molecule has 0 aliphatic heterocycles. The maximum atomic E-state index is 11.8. The molecule has 10 heteroatoms. The predicted molar refractivity (Wildman–Crippen MR) is 124 cm³/mol. The van der Waals surface area contributed by atoms with E-state index in [2.05, 4.69) is 10.7 Å². The maximum Gasteiger partial charge on any atom is 0.265 e. The highest BCUT2D eigenvalue weighted by molar-refractivity contribution is 7.99. The van der Waals surface area contributed by atoms with Crippen LogP contribution in [0.3, 0.4) is 0 Å². The van der Waals surface area contributed by atoms with Crippen LogP contribution in [0.5, 0.6) is 0 Å². The van der Waals surface area contributed by atoms with Crippen molar-refractivity contribution in [3.05, 3.63) is 41.7 Å².